The lowest BCUT2D eigenvalue weighted by Gasteiger charge is -2.48. The van der Waals surface area contributed by atoms with Crippen molar-refractivity contribution in [2.24, 2.45) is 0 Å². The van der Waals surface area contributed by atoms with E-state index in [2.05, 4.69) is 10.2 Å². The second kappa shape index (κ2) is 7.60. The Hall–Kier alpha value is -2.32. The number of fused-ring (bicyclic) bond motifs is 2. The number of anilines is 1. The first kappa shape index (κ1) is 19.0. The molecule has 0 unspecified atom stereocenters. The second-order valence-electron chi connectivity index (χ2n) is 7.46. The summed E-state index contributed by atoms with van der Waals surface area (Å²) in [6.07, 6.45) is 1.66. The van der Waals surface area contributed by atoms with Crippen molar-refractivity contribution < 1.29 is 19.1 Å². The lowest BCUT2D eigenvalue weighted by molar-refractivity contribution is -0.135. The lowest BCUT2D eigenvalue weighted by Crippen LogP contribution is -2.62. The van der Waals surface area contributed by atoms with Crippen LogP contribution in [0.5, 0.6) is 5.75 Å². The number of para-hydroxylation sites is 2. The van der Waals surface area contributed by atoms with Crippen LogP contribution in [-0.2, 0) is 9.53 Å². The molecule has 152 valence electrons. The number of nitrogens with one attached hydrogen (secondary N) is 1. The Labute approximate surface area is 165 Å². The molecule has 0 aliphatic carbocycles. The minimum Gasteiger partial charge on any atom is -0.495 e. The first-order valence-corrected chi connectivity index (χ1v) is 9.95. The van der Waals surface area contributed by atoms with Gasteiger partial charge in [-0.15, -0.1) is 0 Å². The van der Waals surface area contributed by atoms with E-state index < -0.39 is 0 Å². The van der Waals surface area contributed by atoms with Gasteiger partial charge in [0.15, 0.2) is 0 Å². The van der Waals surface area contributed by atoms with Crippen LogP contribution in [0.3, 0.4) is 0 Å². The molecular weight excluding hydrogens is 360 g/mol. The predicted molar refractivity (Wildman–Crippen MR) is 104 cm³/mol. The van der Waals surface area contributed by atoms with Crippen molar-refractivity contribution in [3.8, 4) is 5.75 Å². The van der Waals surface area contributed by atoms with E-state index in [9.17, 15) is 9.59 Å². The van der Waals surface area contributed by atoms with E-state index in [4.69, 9.17) is 9.47 Å². The Balaban J connectivity index is 1.50. The van der Waals surface area contributed by atoms with E-state index in [0.29, 0.717) is 50.8 Å². The first-order valence-electron chi connectivity index (χ1n) is 9.95. The van der Waals surface area contributed by atoms with Gasteiger partial charge in [0, 0.05) is 39.0 Å². The Morgan fingerprint density at radius 2 is 2.04 bits per heavy atom. The number of benzene rings is 1. The number of methoxy groups -OCH3 is 1. The number of piperazine rings is 1. The van der Waals surface area contributed by atoms with Gasteiger partial charge in [-0.1, -0.05) is 12.1 Å². The molecule has 3 fully saturated rings. The monoisotopic (exact) mass is 388 g/mol. The molecule has 3 amide bonds. The smallest absolute Gasteiger partial charge is 0.322 e. The molecule has 28 heavy (non-hydrogen) atoms. The minimum absolute atomic E-state index is 0.124. The van der Waals surface area contributed by atoms with Gasteiger partial charge in [0.1, 0.15) is 17.5 Å². The van der Waals surface area contributed by atoms with E-state index in [-0.39, 0.29) is 23.6 Å². The summed E-state index contributed by atoms with van der Waals surface area (Å²) in [6, 6.07) is 6.84. The molecule has 8 heteroatoms. The molecule has 1 aromatic carbocycles. The maximum absolute atomic E-state index is 13.1. The highest BCUT2D eigenvalue weighted by atomic mass is 16.5. The Morgan fingerprint density at radius 1 is 1.29 bits per heavy atom. The lowest BCUT2D eigenvalue weighted by atomic mass is 9.96. The van der Waals surface area contributed by atoms with E-state index >= 15 is 0 Å². The van der Waals surface area contributed by atoms with Crippen LogP contribution in [0.1, 0.15) is 19.8 Å². The summed E-state index contributed by atoms with van der Waals surface area (Å²) < 4.78 is 10.9. The normalized spacial score (nSPS) is 24.4. The van der Waals surface area contributed by atoms with Gasteiger partial charge in [-0.3, -0.25) is 9.69 Å². The van der Waals surface area contributed by atoms with E-state index in [0.717, 1.165) is 12.8 Å². The maximum Gasteiger partial charge on any atom is 0.322 e. The predicted octanol–water partition coefficient (Wildman–Crippen LogP) is 1.58. The third kappa shape index (κ3) is 3.00. The molecule has 1 N–H and O–H groups in total. The van der Waals surface area contributed by atoms with Gasteiger partial charge >= 0.3 is 6.03 Å². The summed E-state index contributed by atoms with van der Waals surface area (Å²) in [7, 11) is 1.58. The molecule has 3 heterocycles. The van der Waals surface area contributed by atoms with Crippen LogP contribution in [0.4, 0.5) is 10.5 Å². The molecule has 0 aromatic heterocycles. The highest BCUT2D eigenvalue weighted by Crippen LogP contribution is 2.41. The summed E-state index contributed by atoms with van der Waals surface area (Å²) in [5, 5.41) is 2.92. The number of hydrogen-bond donors (Lipinski definition) is 1. The van der Waals surface area contributed by atoms with E-state index in [1.807, 2.05) is 36.1 Å². The zero-order valence-corrected chi connectivity index (χ0v) is 16.5. The number of nitrogens with zero attached hydrogens (tertiary/aromatic N) is 3. The maximum atomic E-state index is 13.1. The van der Waals surface area contributed by atoms with Gasteiger partial charge in [0.25, 0.3) is 0 Å². The Bertz CT molecular complexity index is 749. The van der Waals surface area contributed by atoms with Gasteiger partial charge in [0.2, 0.25) is 5.91 Å². The number of carbonyl (C=O) groups excluding carboxylic acids is 2. The molecule has 8 nitrogen and oxygen atoms in total. The topological polar surface area (TPSA) is 74.4 Å². The van der Waals surface area contributed by atoms with E-state index in [1.165, 1.54) is 0 Å². The fraction of sp³-hybridized carbons (Fsp3) is 0.600. The van der Waals surface area contributed by atoms with Gasteiger partial charge in [-0.25, -0.2) is 4.79 Å². The second-order valence-corrected chi connectivity index (χ2v) is 7.46. The molecule has 0 radical (unpaired) electrons. The molecule has 1 atom stereocenters. The van der Waals surface area contributed by atoms with Crippen molar-refractivity contribution in [3.63, 3.8) is 0 Å². The van der Waals surface area contributed by atoms with Crippen molar-refractivity contribution in [2.75, 3.05) is 51.8 Å². The fourth-order valence-electron chi connectivity index (χ4n) is 4.86. The van der Waals surface area contributed by atoms with Gasteiger partial charge in [0.05, 0.1) is 26.0 Å². The highest BCUT2D eigenvalue weighted by Gasteiger charge is 2.57. The van der Waals surface area contributed by atoms with Gasteiger partial charge < -0.3 is 24.6 Å². The summed E-state index contributed by atoms with van der Waals surface area (Å²) in [5.41, 5.74) is 0.381. The number of likely N-dealkylation sites (N-methyl/N-ethyl adjacent to an activating group) is 1. The molecule has 3 aliphatic heterocycles. The standard InChI is InChI=1S/C20H28N4O4/c1-3-23-18(25)16-14-22(10-11-24(16)20(23)8-12-28-13-9-20)19(26)21-15-6-4-5-7-17(15)27-2/h4-7,16H,3,8-14H2,1-2H3,(H,21,26)/t16-/m1/s1. The fourth-order valence-corrected chi connectivity index (χ4v) is 4.86. The van der Waals surface area contributed by atoms with Crippen LogP contribution in [0, 0.1) is 0 Å². The molecule has 3 aliphatic rings. The molecule has 0 saturated carbocycles. The third-order valence-corrected chi connectivity index (χ3v) is 6.21. The van der Waals surface area contributed by atoms with Gasteiger partial charge in [-0.2, -0.15) is 0 Å². The number of amides is 3. The largest absolute Gasteiger partial charge is 0.495 e. The van der Waals surface area contributed by atoms with Crippen LogP contribution in [-0.4, -0.2) is 84.8 Å². The Morgan fingerprint density at radius 3 is 2.75 bits per heavy atom. The van der Waals surface area contributed by atoms with Crippen molar-refractivity contribution in [1.29, 1.82) is 0 Å². The van der Waals surface area contributed by atoms with Gasteiger partial charge in [-0.05, 0) is 19.1 Å². The van der Waals surface area contributed by atoms with Crippen LogP contribution in [0.2, 0.25) is 0 Å². The minimum atomic E-state index is -0.282. The van der Waals surface area contributed by atoms with E-state index in [1.54, 1.807) is 12.0 Å². The highest BCUT2D eigenvalue weighted by molar-refractivity contribution is 5.92. The third-order valence-electron chi connectivity index (χ3n) is 6.21. The Kier molecular flexibility index (Phi) is 5.16. The molecule has 0 bridgehead atoms. The summed E-state index contributed by atoms with van der Waals surface area (Å²) in [6.45, 7) is 5.73. The quantitative estimate of drug-likeness (QED) is 0.851. The number of urea groups is 1. The zero-order chi connectivity index (χ0) is 19.7. The molecule has 1 aromatic rings. The van der Waals surface area contributed by atoms with Crippen LogP contribution in [0.25, 0.3) is 0 Å². The number of rotatable bonds is 3. The summed E-state index contributed by atoms with van der Waals surface area (Å²) in [5.74, 6) is 0.740. The average Bonchev–Trinajstić information content (AvgIpc) is 2.95. The molecule has 3 saturated heterocycles. The summed E-state index contributed by atoms with van der Waals surface area (Å²) in [4.78, 5) is 32.0. The summed E-state index contributed by atoms with van der Waals surface area (Å²) >= 11 is 0. The number of carbonyl (C=O) groups is 2. The zero-order valence-electron chi connectivity index (χ0n) is 16.5. The van der Waals surface area contributed by atoms with Crippen molar-refractivity contribution in [3.05, 3.63) is 24.3 Å². The van der Waals surface area contributed by atoms with Crippen molar-refractivity contribution in [1.82, 2.24) is 14.7 Å². The van der Waals surface area contributed by atoms with Crippen LogP contribution >= 0.6 is 0 Å². The van der Waals surface area contributed by atoms with Crippen LogP contribution in [0.15, 0.2) is 24.3 Å². The molecule has 1 spiro atoms. The first-order chi connectivity index (χ1) is 13.6. The number of hydrogen-bond acceptors (Lipinski definition) is 5. The number of ether oxygens (including phenoxy) is 2. The van der Waals surface area contributed by atoms with Crippen molar-refractivity contribution in [2.45, 2.75) is 31.5 Å². The van der Waals surface area contributed by atoms with Crippen molar-refractivity contribution >= 4 is 17.6 Å². The average molecular weight is 388 g/mol. The SMILES string of the molecule is CCN1C(=O)[C@H]2CN(C(=O)Nc3ccccc3OC)CCN2C12CCOCC2. The molecular formula is C20H28N4O4. The molecule has 4 rings (SSSR count). The van der Waals surface area contributed by atoms with Crippen LogP contribution < -0.4 is 10.1 Å².